The quantitative estimate of drug-likeness (QED) is 0.799. The van der Waals surface area contributed by atoms with Gasteiger partial charge in [-0.1, -0.05) is 6.08 Å². The van der Waals surface area contributed by atoms with E-state index in [4.69, 9.17) is 14.9 Å². The van der Waals surface area contributed by atoms with Gasteiger partial charge >= 0.3 is 0 Å². The van der Waals surface area contributed by atoms with Crippen LogP contribution < -0.4 is 5.73 Å². The highest BCUT2D eigenvalue weighted by Crippen LogP contribution is 2.29. The molecule has 1 aliphatic rings. The molecule has 0 atom stereocenters. The first-order chi connectivity index (χ1) is 9.48. The molecular weight excluding hydrogens is 348 g/mol. The minimum Gasteiger partial charge on any atom is -0.452 e. The van der Waals surface area contributed by atoms with Gasteiger partial charge in [-0.3, -0.25) is 0 Å². The molecule has 2 heterocycles. The fraction of sp³-hybridized carbons (Fsp3) is 0.500. The van der Waals surface area contributed by atoms with Crippen molar-refractivity contribution in [2.24, 2.45) is 5.73 Å². The summed E-state index contributed by atoms with van der Waals surface area (Å²) in [5.74, 6) is 0.433. The molecule has 6 nitrogen and oxygen atoms in total. The number of hydrogen-bond donors (Lipinski definition) is 1. The average Bonchev–Trinajstić information content (AvgIpc) is 2.82. The van der Waals surface area contributed by atoms with E-state index in [9.17, 15) is 8.42 Å². The molecule has 0 radical (unpaired) electrons. The molecule has 1 aromatic rings. The maximum atomic E-state index is 12.5. The molecule has 1 aliphatic heterocycles. The van der Waals surface area contributed by atoms with Crippen LogP contribution in [-0.2, 0) is 21.3 Å². The number of hydrogen-bond acceptors (Lipinski definition) is 5. The molecule has 0 aromatic carbocycles. The molecular formula is C12H17BrN2O4S. The molecule has 0 aliphatic carbocycles. The lowest BCUT2D eigenvalue weighted by Crippen LogP contribution is -2.35. The third-order valence-electron chi connectivity index (χ3n) is 3.12. The second-order valence-electron chi connectivity index (χ2n) is 4.46. The van der Waals surface area contributed by atoms with E-state index in [0.717, 1.165) is 5.57 Å². The summed E-state index contributed by atoms with van der Waals surface area (Å²) in [4.78, 5) is 0.126. The smallest absolute Gasteiger partial charge is 0.247 e. The van der Waals surface area contributed by atoms with Crippen LogP contribution in [0.2, 0.25) is 0 Å². The molecule has 2 rings (SSSR count). The van der Waals surface area contributed by atoms with Gasteiger partial charge in [0.2, 0.25) is 10.0 Å². The zero-order chi connectivity index (χ0) is 14.8. The SMILES string of the molecule is COCC1=CCN(S(=O)(=O)c2cc(CN)oc2Br)CC1. The standard InChI is InChI=1S/C12H17BrN2O4S/c1-18-8-9-2-4-15(5-3-9)20(16,17)11-6-10(7-14)19-12(11)13/h2,6H,3-5,7-8,14H2,1H3. The molecule has 0 amide bonds. The zero-order valence-corrected chi connectivity index (χ0v) is 13.5. The van der Waals surface area contributed by atoms with E-state index in [2.05, 4.69) is 15.9 Å². The second kappa shape index (κ2) is 6.40. The van der Waals surface area contributed by atoms with Crippen LogP contribution in [0.5, 0.6) is 0 Å². The second-order valence-corrected chi connectivity index (χ2v) is 7.09. The van der Waals surface area contributed by atoms with Gasteiger partial charge in [0, 0.05) is 26.3 Å². The minimum atomic E-state index is -3.57. The van der Waals surface area contributed by atoms with E-state index < -0.39 is 10.0 Å². The summed E-state index contributed by atoms with van der Waals surface area (Å²) in [7, 11) is -1.94. The Bertz CT molecular complexity index is 609. The number of nitrogens with zero attached hydrogens (tertiary/aromatic N) is 1. The van der Waals surface area contributed by atoms with Crippen LogP contribution in [-0.4, -0.2) is 39.5 Å². The molecule has 8 heteroatoms. The lowest BCUT2D eigenvalue weighted by atomic mass is 10.1. The van der Waals surface area contributed by atoms with Gasteiger partial charge in [-0.05, 0) is 27.9 Å². The molecule has 1 aromatic heterocycles. The van der Waals surface area contributed by atoms with E-state index in [0.29, 0.717) is 31.9 Å². The summed E-state index contributed by atoms with van der Waals surface area (Å²) in [6, 6.07) is 1.47. The maximum absolute atomic E-state index is 12.5. The fourth-order valence-corrected chi connectivity index (χ4v) is 4.38. The summed E-state index contributed by atoms with van der Waals surface area (Å²) < 4.78 is 37.0. The predicted octanol–water partition coefficient (Wildman–Crippen LogP) is 1.47. The Morgan fingerprint density at radius 3 is 2.80 bits per heavy atom. The molecule has 112 valence electrons. The Morgan fingerprint density at radius 1 is 1.55 bits per heavy atom. The number of nitrogens with two attached hydrogens (primary N) is 1. The molecule has 0 bridgehead atoms. The summed E-state index contributed by atoms with van der Waals surface area (Å²) >= 11 is 3.13. The van der Waals surface area contributed by atoms with Crippen molar-refractivity contribution in [1.29, 1.82) is 0 Å². The molecule has 0 spiro atoms. The van der Waals surface area contributed by atoms with Crippen molar-refractivity contribution >= 4 is 26.0 Å². The van der Waals surface area contributed by atoms with Crippen LogP contribution in [0, 0.1) is 0 Å². The van der Waals surface area contributed by atoms with Gasteiger partial charge in [-0.25, -0.2) is 8.42 Å². The van der Waals surface area contributed by atoms with Crippen LogP contribution in [0.1, 0.15) is 12.2 Å². The maximum Gasteiger partial charge on any atom is 0.247 e. The average molecular weight is 365 g/mol. The third-order valence-corrected chi connectivity index (χ3v) is 5.84. The Morgan fingerprint density at radius 2 is 2.30 bits per heavy atom. The summed E-state index contributed by atoms with van der Waals surface area (Å²) in [5.41, 5.74) is 6.58. The van der Waals surface area contributed by atoms with Gasteiger partial charge < -0.3 is 14.9 Å². The van der Waals surface area contributed by atoms with Crippen molar-refractivity contribution in [2.45, 2.75) is 17.9 Å². The van der Waals surface area contributed by atoms with Crippen LogP contribution >= 0.6 is 15.9 Å². The van der Waals surface area contributed by atoms with Gasteiger partial charge in [0.1, 0.15) is 10.7 Å². The number of sulfonamides is 1. The first-order valence-electron chi connectivity index (χ1n) is 6.14. The van der Waals surface area contributed by atoms with Crippen LogP contribution in [0.4, 0.5) is 0 Å². The lowest BCUT2D eigenvalue weighted by Gasteiger charge is -2.25. The highest BCUT2D eigenvalue weighted by Gasteiger charge is 2.30. The van der Waals surface area contributed by atoms with Crippen molar-refractivity contribution in [3.63, 3.8) is 0 Å². The number of rotatable bonds is 5. The van der Waals surface area contributed by atoms with Crippen molar-refractivity contribution in [1.82, 2.24) is 4.31 Å². The molecule has 20 heavy (non-hydrogen) atoms. The highest BCUT2D eigenvalue weighted by atomic mass is 79.9. The Balaban J connectivity index is 2.21. The first-order valence-corrected chi connectivity index (χ1v) is 8.37. The van der Waals surface area contributed by atoms with Crippen molar-refractivity contribution in [3.8, 4) is 0 Å². The van der Waals surface area contributed by atoms with Gasteiger partial charge in [-0.2, -0.15) is 4.31 Å². The molecule has 2 N–H and O–H groups in total. The number of halogens is 1. The first kappa shape index (κ1) is 15.7. The third kappa shape index (κ3) is 3.15. The molecule has 0 saturated heterocycles. The van der Waals surface area contributed by atoms with Crippen molar-refractivity contribution in [3.05, 3.63) is 28.1 Å². The largest absolute Gasteiger partial charge is 0.452 e. The van der Waals surface area contributed by atoms with E-state index in [1.54, 1.807) is 7.11 Å². The number of ether oxygens (including phenoxy) is 1. The highest BCUT2D eigenvalue weighted by molar-refractivity contribution is 9.10. The summed E-state index contributed by atoms with van der Waals surface area (Å²) in [6.45, 7) is 1.48. The Kier molecular flexibility index (Phi) is 5.03. The lowest BCUT2D eigenvalue weighted by molar-refractivity contribution is 0.219. The van der Waals surface area contributed by atoms with E-state index in [1.807, 2.05) is 6.08 Å². The van der Waals surface area contributed by atoms with Crippen LogP contribution in [0.3, 0.4) is 0 Å². The van der Waals surface area contributed by atoms with Gasteiger partial charge in [0.25, 0.3) is 0 Å². The number of furan rings is 1. The van der Waals surface area contributed by atoms with Gasteiger partial charge in [0.15, 0.2) is 4.67 Å². The van der Waals surface area contributed by atoms with E-state index in [-0.39, 0.29) is 16.1 Å². The van der Waals surface area contributed by atoms with Gasteiger partial charge in [-0.15, -0.1) is 0 Å². The Labute approximate surface area is 126 Å². The molecule has 0 unspecified atom stereocenters. The molecule has 0 fully saturated rings. The van der Waals surface area contributed by atoms with Crippen molar-refractivity contribution < 1.29 is 17.6 Å². The monoisotopic (exact) mass is 364 g/mol. The van der Waals surface area contributed by atoms with Gasteiger partial charge in [0.05, 0.1) is 13.2 Å². The zero-order valence-electron chi connectivity index (χ0n) is 11.1. The van der Waals surface area contributed by atoms with E-state index >= 15 is 0 Å². The normalized spacial score (nSPS) is 17.2. The Hall–Kier alpha value is -0.670. The van der Waals surface area contributed by atoms with E-state index in [1.165, 1.54) is 10.4 Å². The van der Waals surface area contributed by atoms with Crippen LogP contribution in [0.25, 0.3) is 0 Å². The number of methoxy groups -OCH3 is 1. The summed E-state index contributed by atoms with van der Waals surface area (Å²) in [5, 5.41) is 0. The molecule has 0 saturated carbocycles. The summed E-state index contributed by atoms with van der Waals surface area (Å²) in [6.07, 6.45) is 2.56. The fourth-order valence-electron chi connectivity index (χ4n) is 2.04. The topological polar surface area (TPSA) is 85.8 Å². The predicted molar refractivity (Wildman–Crippen MR) is 77.6 cm³/mol. The minimum absolute atomic E-state index is 0.126. The van der Waals surface area contributed by atoms with Crippen LogP contribution in [0.15, 0.2) is 31.7 Å². The van der Waals surface area contributed by atoms with Crippen molar-refractivity contribution in [2.75, 3.05) is 26.8 Å².